The van der Waals surface area contributed by atoms with Gasteiger partial charge in [0, 0.05) is 12.1 Å². The number of nitrogens with zero attached hydrogens (tertiary/aromatic N) is 2. The summed E-state index contributed by atoms with van der Waals surface area (Å²) in [5.74, 6) is -0.810. The Morgan fingerprint density at radius 2 is 1.69 bits per heavy atom. The van der Waals surface area contributed by atoms with Crippen molar-refractivity contribution in [2.24, 2.45) is 10.9 Å². The van der Waals surface area contributed by atoms with E-state index in [9.17, 15) is 4.79 Å². The van der Waals surface area contributed by atoms with Gasteiger partial charge in [-0.05, 0) is 27.7 Å². The van der Waals surface area contributed by atoms with Gasteiger partial charge in [-0.2, -0.15) is 0 Å². The molecule has 0 saturated heterocycles. The van der Waals surface area contributed by atoms with Crippen molar-refractivity contribution in [2.45, 2.75) is 39.8 Å². The standard InChI is InChI=1S/C8H17N3O2/c1-5(2)11(6(3)4)8(12)7(9)10-13/h5-6,13H,1-4H3,(H2,9,10). The van der Waals surface area contributed by atoms with Gasteiger partial charge in [0.2, 0.25) is 5.84 Å². The van der Waals surface area contributed by atoms with Crippen molar-refractivity contribution in [3.8, 4) is 0 Å². The van der Waals surface area contributed by atoms with Crippen LogP contribution in [0.25, 0.3) is 0 Å². The first-order valence-corrected chi connectivity index (χ1v) is 4.22. The summed E-state index contributed by atoms with van der Waals surface area (Å²) < 4.78 is 0. The first-order chi connectivity index (χ1) is 5.91. The Morgan fingerprint density at radius 3 is 1.92 bits per heavy atom. The fourth-order valence-corrected chi connectivity index (χ4v) is 1.24. The van der Waals surface area contributed by atoms with Crippen LogP contribution in [0, 0.1) is 0 Å². The molecule has 0 aromatic heterocycles. The Kier molecular flexibility index (Phi) is 4.23. The summed E-state index contributed by atoms with van der Waals surface area (Å²) in [6, 6.07) is 0.0700. The highest BCUT2D eigenvalue weighted by Gasteiger charge is 2.23. The van der Waals surface area contributed by atoms with E-state index in [1.165, 1.54) is 0 Å². The molecule has 0 aromatic carbocycles. The Bertz CT molecular complexity index is 203. The van der Waals surface area contributed by atoms with Crippen LogP contribution in [0.2, 0.25) is 0 Å². The fourth-order valence-electron chi connectivity index (χ4n) is 1.24. The molecule has 0 atom stereocenters. The SMILES string of the molecule is CC(C)N(C(=O)/C(N)=N/O)C(C)C. The maximum atomic E-state index is 11.5. The molecule has 0 rings (SSSR count). The lowest BCUT2D eigenvalue weighted by atomic mass is 10.2. The molecule has 76 valence electrons. The number of amidine groups is 1. The molecular weight excluding hydrogens is 170 g/mol. The molecule has 0 fully saturated rings. The van der Waals surface area contributed by atoms with Crippen LogP contribution in [0.3, 0.4) is 0 Å². The van der Waals surface area contributed by atoms with Crippen molar-refractivity contribution in [1.29, 1.82) is 0 Å². The highest BCUT2D eigenvalue weighted by atomic mass is 16.4. The second kappa shape index (κ2) is 4.69. The van der Waals surface area contributed by atoms with E-state index in [-0.39, 0.29) is 17.9 Å². The summed E-state index contributed by atoms with van der Waals surface area (Å²) in [4.78, 5) is 13.0. The smallest absolute Gasteiger partial charge is 0.292 e. The van der Waals surface area contributed by atoms with E-state index in [0.717, 1.165) is 0 Å². The van der Waals surface area contributed by atoms with Gasteiger partial charge in [-0.15, -0.1) is 0 Å². The second-order valence-electron chi connectivity index (χ2n) is 3.39. The molecule has 0 aromatic rings. The second-order valence-corrected chi connectivity index (χ2v) is 3.39. The highest BCUT2D eigenvalue weighted by molar-refractivity contribution is 6.37. The molecule has 5 heteroatoms. The molecule has 1 amide bonds. The van der Waals surface area contributed by atoms with Gasteiger partial charge >= 0.3 is 0 Å². The van der Waals surface area contributed by atoms with Gasteiger partial charge in [0.25, 0.3) is 5.91 Å². The topological polar surface area (TPSA) is 78.9 Å². The Balaban J connectivity index is 4.67. The largest absolute Gasteiger partial charge is 0.409 e. The number of hydrogen-bond acceptors (Lipinski definition) is 3. The Hall–Kier alpha value is -1.26. The van der Waals surface area contributed by atoms with Crippen molar-refractivity contribution >= 4 is 11.7 Å². The van der Waals surface area contributed by atoms with Gasteiger partial charge in [0.15, 0.2) is 0 Å². The molecule has 0 spiro atoms. The third-order valence-electron chi connectivity index (χ3n) is 1.67. The summed E-state index contributed by atoms with van der Waals surface area (Å²) in [6.45, 7) is 7.51. The van der Waals surface area contributed by atoms with Crippen molar-refractivity contribution in [2.75, 3.05) is 0 Å². The van der Waals surface area contributed by atoms with E-state index in [0.29, 0.717) is 0 Å². The lowest BCUT2D eigenvalue weighted by molar-refractivity contribution is -0.127. The monoisotopic (exact) mass is 187 g/mol. The third kappa shape index (κ3) is 2.93. The maximum absolute atomic E-state index is 11.5. The average molecular weight is 187 g/mol. The Morgan fingerprint density at radius 1 is 1.31 bits per heavy atom. The molecule has 3 N–H and O–H groups in total. The molecule has 0 saturated carbocycles. The molecule has 0 heterocycles. The zero-order chi connectivity index (χ0) is 10.6. The summed E-state index contributed by atoms with van der Waals surface area (Å²) >= 11 is 0. The van der Waals surface area contributed by atoms with Crippen LogP contribution in [-0.2, 0) is 4.79 Å². The molecule has 5 nitrogen and oxygen atoms in total. The number of carbonyl (C=O) groups is 1. The molecule has 0 aliphatic carbocycles. The van der Waals surface area contributed by atoms with Crippen LogP contribution < -0.4 is 5.73 Å². The van der Waals surface area contributed by atoms with E-state index in [1.54, 1.807) is 4.90 Å². The minimum Gasteiger partial charge on any atom is -0.409 e. The van der Waals surface area contributed by atoms with Crippen molar-refractivity contribution in [3.05, 3.63) is 0 Å². The van der Waals surface area contributed by atoms with Gasteiger partial charge in [-0.3, -0.25) is 4.79 Å². The maximum Gasteiger partial charge on any atom is 0.292 e. The normalized spacial score (nSPS) is 12.3. The first-order valence-electron chi connectivity index (χ1n) is 4.22. The zero-order valence-corrected chi connectivity index (χ0v) is 8.48. The number of carbonyl (C=O) groups excluding carboxylic acids is 1. The molecular formula is C8H17N3O2. The van der Waals surface area contributed by atoms with Crippen LogP contribution in [0.1, 0.15) is 27.7 Å². The number of hydrogen-bond donors (Lipinski definition) is 2. The number of oxime groups is 1. The summed E-state index contributed by atoms with van der Waals surface area (Å²) in [5.41, 5.74) is 5.20. The molecule has 0 bridgehead atoms. The van der Waals surface area contributed by atoms with Gasteiger partial charge in [-0.25, -0.2) is 0 Å². The van der Waals surface area contributed by atoms with E-state index in [4.69, 9.17) is 10.9 Å². The predicted octanol–water partition coefficient (Wildman–Crippen LogP) is 0.378. The summed E-state index contributed by atoms with van der Waals surface area (Å²) in [6.07, 6.45) is 0. The van der Waals surface area contributed by atoms with E-state index < -0.39 is 5.91 Å². The average Bonchev–Trinajstić information content (AvgIpc) is 2.01. The Labute approximate surface area is 78.2 Å². The third-order valence-corrected chi connectivity index (χ3v) is 1.67. The van der Waals surface area contributed by atoms with Crippen LogP contribution in [-0.4, -0.2) is 33.9 Å². The lowest BCUT2D eigenvalue weighted by Gasteiger charge is -2.29. The van der Waals surface area contributed by atoms with Crippen molar-refractivity contribution < 1.29 is 10.0 Å². The van der Waals surface area contributed by atoms with Gasteiger partial charge in [-0.1, -0.05) is 5.16 Å². The summed E-state index contributed by atoms with van der Waals surface area (Å²) in [7, 11) is 0. The zero-order valence-electron chi connectivity index (χ0n) is 8.48. The van der Waals surface area contributed by atoms with E-state index in [2.05, 4.69) is 5.16 Å². The highest BCUT2D eigenvalue weighted by Crippen LogP contribution is 2.05. The van der Waals surface area contributed by atoms with Crippen molar-refractivity contribution in [1.82, 2.24) is 4.90 Å². The molecule has 0 unspecified atom stereocenters. The van der Waals surface area contributed by atoms with Crippen LogP contribution in [0.15, 0.2) is 5.16 Å². The fraction of sp³-hybridized carbons (Fsp3) is 0.750. The minimum absolute atomic E-state index is 0.0350. The van der Waals surface area contributed by atoms with Gasteiger partial charge in [0.1, 0.15) is 0 Å². The minimum atomic E-state index is -0.438. The van der Waals surface area contributed by atoms with Crippen LogP contribution >= 0.6 is 0 Å². The van der Waals surface area contributed by atoms with Gasteiger partial charge < -0.3 is 15.8 Å². The number of nitrogens with two attached hydrogens (primary N) is 1. The van der Waals surface area contributed by atoms with Gasteiger partial charge in [0.05, 0.1) is 0 Å². The van der Waals surface area contributed by atoms with Crippen molar-refractivity contribution in [3.63, 3.8) is 0 Å². The summed E-state index contributed by atoms with van der Waals surface area (Å²) in [5, 5.41) is 11.0. The van der Waals surface area contributed by atoms with Crippen LogP contribution in [0.5, 0.6) is 0 Å². The van der Waals surface area contributed by atoms with Crippen LogP contribution in [0.4, 0.5) is 0 Å². The van der Waals surface area contributed by atoms with E-state index >= 15 is 0 Å². The molecule has 0 radical (unpaired) electrons. The number of rotatable bonds is 2. The molecule has 0 aliphatic rings. The van der Waals surface area contributed by atoms with E-state index in [1.807, 2.05) is 27.7 Å². The molecule has 13 heavy (non-hydrogen) atoms. The predicted molar refractivity (Wildman–Crippen MR) is 50.5 cm³/mol. The lowest BCUT2D eigenvalue weighted by Crippen LogP contribution is -2.47. The first kappa shape index (κ1) is 11.7. The number of amides is 1. The molecule has 0 aliphatic heterocycles. The quantitative estimate of drug-likeness (QED) is 0.284.